The average Bonchev–Trinajstić information content (AvgIpc) is 3.70. The van der Waals surface area contributed by atoms with Crippen molar-refractivity contribution in [2.24, 2.45) is 11.8 Å². The number of anilines is 1. The summed E-state index contributed by atoms with van der Waals surface area (Å²) in [5.74, 6) is -3.12. The van der Waals surface area contributed by atoms with Crippen molar-refractivity contribution in [1.29, 1.82) is 5.26 Å². The van der Waals surface area contributed by atoms with E-state index in [1.807, 2.05) is 18.0 Å². The number of carbonyl (C=O) groups excluding carboxylic acids is 6. The minimum atomic E-state index is -1.67. The third kappa shape index (κ3) is 10.9. The number of likely N-dealkylation sites (tertiary alicyclic amines) is 1. The van der Waals surface area contributed by atoms with Crippen molar-refractivity contribution in [2.75, 3.05) is 59.3 Å². The molecule has 344 valence electrons. The van der Waals surface area contributed by atoms with Gasteiger partial charge in [-0.3, -0.25) is 29.1 Å². The molecule has 23 heteroatoms. The van der Waals surface area contributed by atoms with Crippen LogP contribution in [0.25, 0.3) is 11.0 Å². The van der Waals surface area contributed by atoms with Gasteiger partial charge in [-0.1, -0.05) is 19.9 Å². The predicted molar refractivity (Wildman–Crippen MR) is 221 cm³/mol. The second-order valence-corrected chi connectivity index (χ2v) is 15.6. The van der Waals surface area contributed by atoms with Crippen molar-refractivity contribution in [3.05, 3.63) is 52.5 Å². The maximum absolute atomic E-state index is 13.6. The van der Waals surface area contributed by atoms with E-state index in [4.69, 9.17) is 33.7 Å². The molecule has 0 unspecified atom stereocenters. The minimum absolute atomic E-state index is 0.0428. The number of hydrogen-bond donors (Lipinski definition) is 0. The lowest BCUT2D eigenvalue weighted by atomic mass is 9.90. The van der Waals surface area contributed by atoms with Crippen LogP contribution in [-0.2, 0) is 49.5 Å². The normalized spacial score (nSPS) is 21.7. The molecule has 3 amide bonds. The first-order valence-electron chi connectivity index (χ1n) is 20.2. The number of nitrogens with zero attached hydrogens (tertiary/aromatic N) is 9. The van der Waals surface area contributed by atoms with Crippen LogP contribution in [0.2, 0.25) is 0 Å². The summed E-state index contributed by atoms with van der Waals surface area (Å²) in [5, 5.41) is 21.9. The summed E-state index contributed by atoms with van der Waals surface area (Å²) in [6, 6.07) is 6.79. The van der Waals surface area contributed by atoms with Crippen molar-refractivity contribution < 1.29 is 62.1 Å². The molecule has 2 aliphatic heterocycles. The summed E-state index contributed by atoms with van der Waals surface area (Å²) < 4.78 is 34.0. The number of likely N-dealkylation sites (N-methyl/N-ethyl adjacent to an activating group) is 3. The Morgan fingerprint density at radius 3 is 2.34 bits per heavy atom. The molecule has 23 nitrogen and oxygen atoms in total. The van der Waals surface area contributed by atoms with E-state index >= 15 is 0 Å². The van der Waals surface area contributed by atoms with E-state index in [0.717, 1.165) is 33.4 Å². The van der Waals surface area contributed by atoms with Crippen molar-refractivity contribution in [1.82, 2.24) is 29.2 Å². The summed E-state index contributed by atoms with van der Waals surface area (Å²) in [7, 11) is 5.99. The highest BCUT2D eigenvalue weighted by Crippen LogP contribution is 2.36. The Bertz CT molecular complexity index is 2300. The number of nitro groups is 1. The highest BCUT2D eigenvalue weighted by molar-refractivity contribution is 5.95. The number of benzene rings is 1. The second-order valence-electron chi connectivity index (χ2n) is 15.6. The van der Waals surface area contributed by atoms with Crippen LogP contribution in [0, 0.1) is 33.3 Å². The maximum atomic E-state index is 13.6. The smallest absolute Gasteiger partial charge is 0.409 e. The SMILES string of the molecule is COC(=O)[C@H]1O[C@@H](Oc2ccc(COC(=O)N(C)CCN(C)C(=O)n3ccc4c(N(C)[C@H]5CN(C(=O)CC#N)CC[C@H]5C)ncnc43)cc2[N+](=O)[O-])[C@H](OC(C)=O)[C@@H](OC(C)=O)[C@@H]1C. The van der Waals surface area contributed by atoms with E-state index in [0.29, 0.717) is 29.9 Å². The highest BCUT2D eigenvalue weighted by atomic mass is 16.7. The molecule has 2 aromatic heterocycles. The zero-order valence-corrected chi connectivity index (χ0v) is 36.7. The van der Waals surface area contributed by atoms with Gasteiger partial charge in [0.1, 0.15) is 25.2 Å². The zero-order chi connectivity index (χ0) is 47.0. The van der Waals surface area contributed by atoms with Crippen molar-refractivity contribution in [2.45, 2.75) is 77.8 Å². The second kappa shape index (κ2) is 20.9. The Morgan fingerprint density at radius 2 is 1.69 bits per heavy atom. The first-order chi connectivity index (χ1) is 30.4. The number of rotatable bonds is 14. The lowest BCUT2D eigenvalue weighted by Crippen LogP contribution is -2.60. The fourth-order valence-electron chi connectivity index (χ4n) is 7.57. The molecule has 1 aromatic carbocycles. The molecule has 4 heterocycles. The standard InChI is InChI=1S/C41H51N9O14/c1-23-12-15-48(32(53)11-14-42)20-30(23)47(7)36-28-13-16-49(37(28)44-22-43-36)40(55)45(5)17-18-46(6)41(56)60-21-27-9-10-31(29(19-27)50(57)58)63-39-35(62-26(4)52)33(61-25(3)51)24(2)34(64-39)38(54)59-8/h9-10,13,16,19,22-24,30,33-35,39H,11-12,15,17-18,20-21H2,1-8H3/t23-,24+,30+,33+,34+,35-,39-/m1/s1. The molecule has 0 radical (unpaired) electrons. The van der Waals surface area contributed by atoms with Crippen LogP contribution in [0.1, 0.15) is 46.1 Å². The Labute approximate surface area is 367 Å². The van der Waals surface area contributed by atoms with Crippen LogP contribution in [-0.4, -0.2) is 155 Å². The number of methoxy groups -OCH3 is 1. The Morgan fingerprint density at radius 1 is 1.00 bits per heavy atom. The van der Waals surface area contributed by atoms with E-state index in [-0.39, 0.29) is 48.7 Å². The monoisotopic (exact) mass is 893 g/mol. The lowest BCUT2D eigenvalue weighted by molar-refractivity contribution is -0.387. The molecule has 2 fully saturated rings. The summed E-state index contributed by atoms with van der Waals surface area (Å²) in [6.07, 6.45) is -3.04. The van der Waals surface area contributed by atoms with Crippen molar-refractivity contribution in [3.63, 3.8) is 0 Å². The van der Waals surface area contributed by atoms with Crippen LogP contribution in [0.5, 0.6) is 5.75 Å². The summed E-state index contributed by atoms with van der Waals surface area (Å²) in [6.45, 7) is 6.51. The number of esters is 3. The fourth-order valence-corrected chi connectivity index (χ4v) is 7.57. The van der Waals surface area contributed by atoms with Crippen molar-refractivity contribution >= 4 is 58.5 Å². The van der Waals surface area contributed by atoms with E-state index in [9.17, 15) is 38.9 Å². The lowest BCUT2D eigenvalue weighted by Gasteiger charge is -2.42. The largest absolute Gasteiger partial charge is 0.467 e. The Hall–Kier alpha value is -7.09. The number of fused-ring (bicyclic) bond motifs is 1. The van der Waals surface area contributed by atoms with E-state index < -0.39 is 77.8 Å². The molecule has 0 saturated carbocycles. The zero-order valence-electron chi connectivity index (χ0n) is 36.7. The average molecular weight is 894 g/mol. The van der Waals surface area contributed by atoms with Crippen LogP contribution in [0.4, 0.5) is 21.1 Å². The maximum Gasteiger partial charge on any atom is 0.409 e. The number of hydrogen-bond acceptors (Lipinski definition) is 18. The fraction of sp³-hybridized carbons (Fsp3) is 0.537. The molecular formula is C41H51N9O14. The predicted octanol–water partition coefficient (Wildman–Crippen LogP) is 2.87. The molecular weight excluding hydrogens is 842 g/mol. The van der Waals surface area contributed by atoms with Gasteiger partial charge in [0.15, 0.2) is 23.6 Å². The van der Waals surface area contributed by atoms with Gasteiger partial charge in [0.2, 0.25) is 18.3 Å². The van der Waals surface area contributed by atoms with E-state index in [1.165, 1.54) is 46.8 Å². The summed E-state index contributed by atoms with van der Waals surface area (Å²) in [4.78, 5) is 102. The van der Waals surface area contributed by atoms with E-state index in [2.05, 4.69) is 16.9 Å². The topological polar surface area (TPSA) is 268 Å². The molecule has 5 rings (SSSR count). The first-order valence-corrected chi connectivity index (χ1v) is 20.2. The number of nitriles is 1. The van der Waals surface area contributed by atoms with Gasteiger partial charge in [0.05, 0.1) is 29.5 Å². The highest BCUT2D eigenvalue weighted by Gasteiger charge is 2.52. The molecule has 0 spiro atoms. The van der Waals surface area contributed by atoms with Gasteiger partial charge in [-0.25, -0.2) is 24.4 Å². The molecule has 64 heavy (non-hydrogen) atoms. The molecule has 2 aliphatic rings. The van der Waals surface area contributed by atoms with Gasteiger partial charge in [-0.2, -0.15) is 5.26 Å². The van der Waals surface area contributed by atoms with Crippen molar-refractivity contribution in [3.8, 4) is 11.8 Å². The molecule has 0 aliphatic carbocycles. The third-order valence-electron chi connectivity index (χ3n) is 11.1. The van der Waals surface area contributed by atoms with Crippen LogP contribution >= 0.6 is 0 Å². The molecule has 0 N–H and O–H groups in total. The van der Waals surface area contributed by atoms with Gasteiger partial charge >= 0.3 is 35.7 Å². The van der Waals surface area contributed by atoms with Crippen LogP contribution in [0.15, 0.2) is 36.8 Å². The third-order valence-corrected chi connectivity index (χ3v) is 11.1. The first kappa shape index (κ1) is 48.0. The number of nitro benzene ring substituents is 1. The Kier molecular flexibility index (Phi) is 15.6. The molecule has 2 saturated heterocycles. The van der Waals surface area contributed by atoms with Gasteiger partial charge in [-0.15, -0.1) is 0 Å². The van der Waals surface area contributed by atoms with Gasteiger partial charge in [0.25, 0.3) is 0 Å². The van der Waals surface area contributed by atoms with Gasteiger partial charge in [0, 0.05) is 79.4 Å². The van der Waals surface area contributed by atoms with Gasteiger partial charge in [-0.05, 0) is 30.0 Å². The number of aromatic nitrogens is 3. The minimum Gasteiger partial charge on any atom is -0.467 e. The molecule has 0 bridgehead atoms. The number of piperidine rings is 1. The quantitative estimate of drug-likeness (QED) is 0.0974. The number of carbonyl (C=O) groups is 6. The van der Waals surface area contributed by atoms with E-state index in [1.54, 1.807) is 24.2 Å². The number of amides is 3. The van der Waals surface area contributed by atoms with Gasteiger partial charge < -0.3 is 48.0 Å². The van der Waals surface area contributed by atoms with Crippen LogP contribution in [0.3, 0.4) is 0 Å². The number of ether oxygens (including phenoxy) is 6. The summed E-state index contributed by atoms with van der Waals surface area (Å²) >= 11 is 0. The summed E-state index contributed by atoms with van der Waals surface area (Å²) in [5.41, 5.74) is -0.0402. The molecule has 7 atom stereocenters. The van der Waals surface area contributed by atoms with Crippen LogP contribution < -0.4 is 9.64 Å². The Balaban J connectivity index is 1.21. The molecule has 3 aromatic rings.